The van der Waals surface area contributed by atoms with Gasteiger partial charge in [0.15, 0.2) is 0 Å². The first-order chi connectivity index (χ1) is 13.8. The van der Waals surface area contributed by atoms with Crippen LogP contribution in [-0.4, -0.2) is 44.4 Å². The fraction of sp³-hybridized carbons (Fsp3) is 0.278. The molecule has 11 heteroatoms. The maximum atomic E-state index is 12.3. The van der Waals surface area contributed by atoms with Crippen molar-refractivity contribution < 1.29 is 22.4 Å². The Kier molecular flexibility index (Phi) is 6.83. The van der Waals surface area contributed by atoms with Gasteiger partial charge in [0.1, 0.15) is 11.5 Å². The van der Waals surface area contributed by atoms with Crippen LogP contribution in [0.3, 0.4) is 0 Å². The van der Waals surface area contributed by atoms with Crippen molar-refractivity contribution in [1.29, 1.82) is 0 Å². The molecular weight excluding hydrogens is 464 g/mol. The molecule has 1 aromatic carbocycles. The number of rotatable bonds is 6. The molecule has 2 N–H and O–H groups in total. The van der Waals surface area contributed by atoms with Crippen molar-refractivity contribution >= 4 is 44.0 Å². The lowest BCUT2D eigenvalue weighted by Crippen LogP contribution is -2.39. The van der Waals surface area contributed by atoms with E-state index in [-0.39, 0.29) is 11.4 Å². The van der Waals surface area contributed by atoms with Crippen LogP contribution in [0.5, 0.6) is 0 Å². The van der Waals surface area contributed by atoms with Crippen LogP contribution in [0.4, 0.5) is 0 Å². The molecule has 0 bridgehead atoms. The van der Waals surface area contributed by atoms with Crippen molar-refractivity contribution in [3.63, 3.8) is 0 Å². The van der Waals surface area contributed by atoms with Gasteiger partial charge in [0.25, 0.3) is 0 Å². The second-order valence-corrected chi connectivity index (χ2v) is 8.96. The summed E-state index contributed by atoms with van der Waals surface area (Å²) in [6, 6.07) is 9.40. The molecule has 1 aromatic heterocycles. The minimum atomic E-state index is -3.68. The third-order valence-electron chi connectivity index (χ3n) is 4.19. The highest BCUT2D eigenvalue weighted by molar-refractivity contribution is 9.10. The lowest BCUT2D eigenvalue weighted by Gasteiger charge is -2.12. The first kappa shape index (κ1) is 21.2. The van der Waals surface area contributed by atoms with Crippen LogP contribution in [0.2, 0.25) is 0 Å². The Hall–Kier alpha value is -2.50. The van der Waals surface area contributed by atoms with Crippen molar-refractivity contribution in [2.75, 3.05) is 13.1 Å². The zero-order valence-electron chi connectivity index (χ0n) is 15.3. The minimum absolute atomic E-state index is 0.0496. The summed E-state index contributed by atoms with van der Waals surface area (Å²) in [6.07, 6.45) is 3.02. The van der Waals surface area contributed by atoms with Crippen LogP contribution in [-0.2, 0) is 26.2 Å². The van der Waals surface area contributed by atoms with Crippen LogP contribution in [0, 0.1) is 0 Å². The highest BCUT2D eigenvalue weighted by Gasteiger charge is 2.24. The summed E-state index contributed by atoms with van der Waals surface area (Å²) in [6.45, 7) is 1.10. The quantitative estimate of drug-likeness (QED) is 0.367. The first-order valence-corrected chi connectivity index (χ1v) is 11.1. The number of amides is 2. The molecule has 0 unspecified atom stereocenters. The standard InChI is InChI=1S/C18H19BrN4O5S/c19-13-3-7-16(8-4-13)29(26,27)21-12-15-6-5-14(28-15)11-20-22-17(24)18(25)23-9-1-2-10-23/h3-8,11,21H,1-2,9-10,12H2,(H,22,24)/b20-11+. The topological polar surface area (TPSA) is 121 Å². The average Bonchev–Trinajstić information content (AvgIpc) is 3.38. The molecule has 0 radical (unpaired) electrons. The number of halogens is 1. The van der Waals surface area contributed by atoms with Gasteiger partial charge in [-0.1, -0.05) is 15.9 Å². The summed E-state index contributed by atoms with van der Waals surface area (Å²) >= 11 is 3.26. The van der Waals surface area contributed by atoms with E-state index >= 15 is 0 Å². The van der Waals surface area contributed by atoms with E-state index in [9.17, 15) is 18.0 Å². The van der Waals surface area contributed by atoms with E-state index in [4.69, 9.17) is 4.42 Å². The molecule has 1 saturated heterocycles. The van der Waals surface area contributed by atoms with Gasteiger partial charge < -0.3 is 9.32 Å². The van der Waals surface area contributed by atoms with E-state index in [1.165, 1.54) is 23.2 Å². The maximum absolute atomic E-state index is 12.3. The Bertz CT molecular complexity index is 1010. The molecule has 0 aliphatic carbocycles. The number of sulfonamides is 1. The molecule has 0 spiro atoms. The molecule has 0 saturated carbocycles. The fourth-order valence-corrected chi connectivity index (χ4v) is 3.95. The summed E-state index contributed by atoms with van der Waals surface area (Å²) in [5.74, 6) is -0.748. The van der Waals surface area contributed by atoms with Gasteiger partial charge in [-0.15, -0.1) is 0 Å². The van der Waals surface area contributed by atoms with E-state index in [2.05, 4.69) is 31.2 Å². The van der Waals surface area contributed by atoms with Gasteiger partial charge >= 0.3 is 11.8 Å². The summed E-state index contributed by atoms with van der Waals surface area (Å²) in [5, 5.41) is 3.70. The van der Waals surface area contributed by atoms with Gasteiger partial charge in [0.05, 0.1) is 17.7 Å². The van der Waals surface area contributed by atoms with Crippen LogP contribution in [0.1, 0.15) is 24.4 Å². The van der Waals surface area contributed by atoms with Crippen molar-refractivity contribution in [3.05, 3.63) is 52.4 Å². The molecular formula is C18H19BrN4O5S. The summed E-state index contributed by atoms with van der Waals surface area (Å²) < 4.78 is 33.2. The number of likely N-dealkylation sites (tertiary alicyclic amines) is 1. The lowest BCUT2D eigenvalue weighted by atomic mass is 10.4. The number of hydrazone groups is 1. The predicted molar refractivity (Wildman–Crippen MR) is 108 cm³/mol. The minimum Gasteiger partial charge on any atom is -0.459 e. The Balaban J connectivity index is 1.51. The highest BCUT2D eigenvalue weighted by atomic mass is 79.9. The Morgan fingerprint density at radius 2 is 1.83 bits per heavy atom. The molecule has 29 heavy (non-hydrogen) atoms. The monoisotopic (exact) mass is 482 g/mol. The van der Waals surface area contributed by atoms with Crippen molar-refractivity contribution in [2.45, 2.75) is 24.3 Å². The largest absolute Gasteiger partial charge is 0.459 e. The average molecular weight is 483 g/mol. The third kappa shape index (κ3) is 5.75. The molecule has 1 aliphatic rings. The summed E-state index contributed by atoms with van der Waals surface area (Å²) in [7, 11) is -3.68. The summed E-state index contributed by atoms with van der Waals surface area (Å²) in [4.78, 5) is 25.2. The maximum Gasteiger partial charge on any atom is 0.329 e. The van der Waals surface area contributed by atoms with E-state index < -0.39 is 21.8 Å². The number of carbonyl (C=O) groups excluding carboxylic acids is 2. The van der Waals surface area contributed by atoms with Gasteiger partial charge in [0.2, 0.25) is 10.0 Å². The zero-order chi connectivity index (χ0) is 20.9. The number of hydrogen-bond donors (Lipinski definition) is 2. The number of carbonyl (C=O) groups is 2. The smallest absolute Gasteiger partial charge is 0.329 e. The normalized spacial score (nSPS) is 14.4. The van der Waals surface area contributed by atoms with Gasteiger partial charge in [-0.3, -0.25) is 9.59 Å². The van der Waals surface area contributed by atoms with Gasteiger partial charge in [-0.25, -0.2) is 18.6 Å². The molecule has 2 aromatic rings. The van der Waals surface area contributed by atoms with Crippen molar-refractivity contribution in [3.8, 4) is 0 Å². The van der Waals surface area contributed by atoms with Crippen LogP contribution in [0.25, 0.3) is 0 Å². The van der Waals surface area contributed by atoms with Gasteiger partial charge in [0, 0.05) is 17.6 Å². The van der Waals surface area contributed by atoms with Crippen molar-refractivity contribution in [1.82, 2.24) is 15.0 Å². The molecule has 0 atom stereocenters. The van der Waals surface area contributed by atoms with E-state index in [0.29, 0.717) is 24.6 Å². The van der Waals surface area contributed by atoms with E-state index in [1.807, 2.05) is 0 Å². The van der Waals surface area contributed by atoms with Gasteiger partial charge in [-0.2, -0.15) is 5.10 Å². The number of nitrogens with one attached hydrogen (secondary N) is 2. The number of hydrogen-bond acceptors (Lipinski definition) is 6. The third-order valence-corrected chi connectivity index (χ3v) is 6.13. The first-order valence-electron chi connectivity index (χ1n) is 8.81. The second kappa shape index (κ2) is 9.33. The number of nitrogens with zero attached hydrogens (tertiary/aromatic N) is 2. The van der Waals surface area contributed by atoms with E-state index in [1.54, 1.807) is 24.3 Å². The number of benzene rings is 1. The number of furan rings is 1. The van der Waals surface area contributed by atoms with Gasteiger partial charge in [-0.05, 0) is 49.2 Å². The summed E-state index contributed by atoms with van der Waals surface area (Å²) in [5.41, 5.74) is 2.16. The van der Waals surface area contributed by atoms with Crippen LogP contribution >= 0.6 is 15.9 Å². The molecule has 2 heterocycles. The molecule has 2 amide bonds. The fourth-order valence-electron chi connectivity index (χ4n) is 2.69. The molecule has 9 nitrogen and oxygen atoms in total. The Labute approximate surface area is 176 Å². The second-order valence-electron chi connectivity index (χ2n) is 6.28. The predicted octanol–water partition coefficient (Wildman–Crippen LogP) is 1.59. The Morgan fingerprint density at radius 1 is 1.14 bits per heavy atom. The lowest BCUT2D eigenvalue weighted by molar-refractivity contribution is -0.145. The molecule has 1 fully saturated rings. The Morgan fingerprint density at radius 3 is 2.52 bits per heavy atom. The molecule has 154 valence electrons. The van der Waals surface area contributed by atoms with E-state index in [0.717, 1.165) is 17.3 Å². The SMILES string of the molecule is O=C(N/N=C/c1ccc(CNS(=O)(=O)c2ccc(Br)cc2)o1)C(=O)N1CCCC1. The van der Waals surface area contributed by atoms with Crippen LogP contribution in [0.15, 0.2) is 55.3 Å². The molecule has 1 aliphatic heterocycles. The molecule has 3 rings (SSSR count). The van der Waals surface area contributed by atoms with Crippen molar-refractivity contribution in [2.24, 2.45) is 5.10 Å². The van der Waals surface area contributed by atoms with Crippen LogP contribution < -0.4 is 10.1 Å². The zero-order valence-corrected chi connectivity index (χ0v) is 17.7. The highest BCUT2D eigenvalue weighted by Crippen LogP contribution is 2.15.